The smallest absolute Gasteiger partial charge is 0.131 e. The standard InChI is InChI=1S/C16H19F2NS/c1-16(2,3)13-9-8-12(20-13)15(19-4)14-10(17)6-5-7-11(14)18/h5-9,15,19H,1-4H3. The molecule has 0 fully saturated rings. The average molecular weight is 295 g/mol. The van der Waals surface area contributed by atoms with Gasteiger partial charge in [-0.2, -0.15) is 0 Å². The number of rotatable bonds is 3. The second-order valence-electron chi connectivity index (χ2n) is 5.81. The van der Waals surface area contributed by atoms with Crippen LogP contribution in [0.3, 0.4) is 0 Å². The van der Waals surface area contributed by atoms with Gasteiger partial charge < -0.3 is 5.32 Å². The SMILES string of the molecule is CNC(c1ccc(C(C)(C)C)s1)c1c(F)cccc1F. The first kappa shape index (κ1) is 15.1. The summed E-state index contributed by atoms with van der Waals surface area (Å²) in [5, 5.41) is 3.01. The van der Waals surface area contributed by atoms with E-state index in [1.54, 1.807) is 18.4 Å². The fraction of sp³-hybridized carbons (Fsp3) is 0.375. The van der Waals surface area contributed by atoms with Crippen molar-refractivity contribution in [2.24, 2.45) is 0 Å². The van der Waals surface area contributed by atoms with Crippen LogP contribution in [0.5, 0.6) is 0 Å². The number of hydrogen-bond acceptors (Lipinski definition) is 2. The maximum atomic E-state index is 13.9. The van der Waals surface area contributed by atoms with Crippen LogP contribution in [0.1, 0.15) is 42.1 Å². The molecule has 1 heterocycles. The molecule has 0 amide bonds. The molecule has 1 unspecified atom stereocenters. The lowest BCUT2D eigenvalue weighted by Gasteiger charge is -2.18. The van der Waals surface area contributed by atoms with Crippen LogP contribution >= 0.6 is 11.3 Å². The molecule has 1 nitrogen and oxygen atoms in total. The van der Waals surface area contributed by atoms with Crippen LogP contribution in [0.25, 0.3) is 0 Å². The molecular formula is C16H19F2NS. The first-order valence-corrected chi connectivity index (χ1v) is 7.37. The first-order chi connectivity index (χ1) is 9.34. The zero-order valence-corrected chi connectivity index (χ0v) is 12.9. The van der Waals surface area contributed by atoms with Crippen molar-refractivity contribution in [2.75, 3.05) is 7.05 Å². The second-order valence-corrected chi connectivity index (χ2v) is 6.92. The largest absolute Gasteiger partial charge is 0.308 e. The summed E-state index contributed by atoms with van der Waals surface area (Å²) in [5.74, 6) is -1.04. The molecule has 4 heteroatoms. The maximum Gasteiger partial charge on any atom is 0.131 e. The topological polar surface area (TPSA) is 12.0 Å². The number of hydrogen-bond donors (Lipinski definition) is 1. The Kier molecular flexibility index (Phi) is 4.25. The molecule has 0 bridgehead atoms. The van der Waals surface area contributed by atoms with Gasteiger partial charge in [-0.3, -0.25) is 0 Å². The molecule has 1 aromatic heterocycles. The molecule has 0 aliphatic heterocycles. The predicted octanol–water partition coefficient (Wildman–Crippen LogP) is 4.63. The van der Waals surface area contributed by atoms with Crippen LogP contribution < -0.4 is 5.32 Å². The number of nitrogens with one attached hydrogen (secondary N) is 1. The van der Waals surface area contributed by atoms with Crippen molar-refractivity contribution < 1.29 is 8.78 Å². The van der Waals surface area contributed by atoms with Crippen LogP contribution in [0.15, 0.2) is 30.3 Å². The molecule has 0 aliphatic rings. The fourth-order valence-electron chi connectivity index (χ4n) is 2.13. The van der Waals surface area contributed by atoms with E-state index in [0.717, 1.165) is 4.88 Å². The van der Waals surface area contributed by atoms with Crippen molar-refractivity contribution in [3.8, 4) is 0 Å². The minimum absolute atomic E-state index is 0.0367. The van der Waals surface area contributed by atoms with Gasteiger partial charge in [-0.05, 0) is 36.7 Å². The highest BCUT2D eigenvalue weighted by Crippen LogP contribution is 2.35. The normalized spacial score (nSPS) is 13.5. The molecule has 2 aromatic rings. The Balaban J connectivity index is 2.45. The quantitative estimate of drug-likeness (QED) is 0.870. The van der Waals surface area contributed by atoms with Crippen LogP contribution in [-0.4, -0.2) is 7.05 Å². The van der Waals surface area contributed by atoms with Crippen LogP contribution in [0.2, 0.25) is 0 Å². The molecule has 0 aliphatic carbocycles. The molecule has 108 valence electrons. The summed E-state index contributed by atoms with van der Waals surface area (Å²) in [4.78, 5) is 2.12. The zero-order valence-electron chi connectivity index (χ0n) is 12.1. The third-order valence-electron chi connectivity index (χ3n) is 3.23. The highest BCUT2D eigenvalue weighted by molar-refractivity contribution is 7.12. The molecule has 20 heavy (non-hydrogen) atoms. The number of thiophene rings is 1. The minimum Gasteiger partial charge on any atom is -0.308 e. The van der Waals surface area contributed by atoms with Gasteiger partial charge in [0, 0.05) is 15.3 Å². The van der Waals surface area contributed by atoms with Gasteiger partial charge in [0.05, 0.1) is 6.04 Å². The van der Waals surface area contributed by atoms with Gasteiger partial charge >= 0.3 is 0 Å². The second kappa shape index (κ2) is 5.62. The molecule has 0 saturated heterocycles. The van der Waals surface area contributed by atoms with Crippen molar-refractivity contribution in [3.05, 3.63) is 57.3 Å². The highest BCUT2D eigenvalue weighted by Gasteiger charge is 2.24. The van der Waals surface area contributed by atoms with Crippen molar-refractivity contribution in [2.45, 2.75) is 32.2 Å². The lowest BCUT2D eigenvalue weighted by Crippen LogP contribution is -2.19. The summed E-state index contributed by atoms with van der Waals surface area (Å²) in [7, 11) is 1.72. The number of benzene rings is 1. The van der Waals surface area contributed by atoms with E-state index in [1.807, 2.05) is 12.1 Å². The predicted molar refractivity (Wildman–Crippen MR) is 80.3 cm³/mol. The average Bonchev–Trinajstić information content (AvgIpc) is 2.83. The van der Waals surface area contributed by atoms with Crippen molar-refractivity contribution in [3.63, 3.8) is 0 Å². The molecule has 0 spiro atoms. The van der Waals surface area contributed by atoms with E-state index in [9.17, 15) is 8.78 Å². The summed E-state index contributed by atoms with van der Waals surface area (Å²) < 4.78 is 27.9. The highest BCUT2D eigenvalue weighted by atomic mass is 32.1. The molecule has 2 rings (SSSR count). The van der Waals surface area contributed by atoms with Crippen molar-refractivity contribution in [1.29, 1.82) is 0 Å². The van der Waals surface area contributed by atoms with E-state index in [-0.39, 0.29) is 11.0 Å². The summed E-state index contributed by atoms with van der Waals surface area (Å²) in [6.07, 6.45) is 0. The van der Waals surface area contributed by atoms with Gasteiger partial charge in [-0.1, -0.05) is 26.8 Å². The Labute approximate surface area is 122 Å². The zero-order chi connectivity index (χ0) is 14.9. The Morgan fingerprint density at radius 2 is 1.65 bits per heavy atom. The molecule has 0 saturated carbocycles. The van der Waals surface area contributed by atoms with Gasteiger partial charge in [0.2, 0.25) is 0 Å². The van der Waals surface area contributed by atoms with Crippen LogP contribution in [0, 0.1) is 11.6 Å². The fourth-order valence-corrected chi connectivity index (χ4v) is 3.31. The van der Waals surface area contributed by atoms with E-state index in [1.165, 1.54) is 23.1 Å². The maximum absolute atomic E-state index is 13.9. The lowest BCUT2D eigenvalue weighted by molar-refractivity contribution is 0.524. The molecule has 0 radical (unpaired) electrons. The van der Waals surface area contributed by atoms with E-state index >= 15 is 0 Å². The van der Waals surface area contributed by atoms with E-state index in [2.05, 4.69) is 26.1 Å². The van der Waals surface area contributed by atoms with Crippen LogP contribution in [0.4, 0.5) is 8.78 Å². The summed E-state index contributed by atoms with van der Waals surface area (Å²) in [5.41, 5.74) is 0.118. The minimum atomic E-state index is -0.518. The Bertz CT molecular complexity index is 579. The van der Waals surface area contributed by atoms with E-state index in [0.29, 0.717) is 0 Å². The van der Waals surface area contributed by atoms with Crippen molar-refractivity contribution >= 4 is 11.3 Å². The van der Waals surface area contributed by atoms with Gasteiger partial charge in [0.25, 0.3) is 0 Å². The summed E-state index contributed by atoms with van der Waals surface area (Å²) >= 11 is 1.59. The molecule has 1 N–H and O–H groups in total. The Hall–Kier alpha value is -1.26. The summed E-state index contributed by atoms with van der Waals surface area (Å²) in [6, 6.07) is 7.48. The third-order valence-corrected chi connectivity index (χ3v) is 4.80. The Morgan fingerprint density at radius 1 is 1.05 bits per heavy atom. The van der Waals surface area contributed by atoms with Crippen LogP contribution in [-0.2, 0) is 5.41 Å². The van der Waals surface area contributed by atoms with Gasteiger partial charge in [0.15, 0.2) is 0 Å². The van der Waals surface area contributed by atoms with Gasteiger partial charge in [0.1, 0.15) is 11.6 Å². The Morgan fingerprint density at radius 3 is 2.10 bits per heavy atom. The van der Waals surface area contributed by atoms with E-state index < -0.39 is 17.7 Å². The third kappa shape index (κ3) is 2.91. The summed E-state index contributed by atoms with van der Waals surface area (Å²) in [6.45, 7) is 6.38. The van der Waals surface area contributed by atoms with Gasteiger partial charge in [-0.25, -0.2) is 8.78 Å². The lowest BCUT2D eigenvalue weighted by atomic mass is 9.95. The first-order valence-electron chi connectivity index (χ1n) is 6.56. The van der Waals surface area contributed by atoms with Crippen molar-refractivity contribution in [1.82, 2.24) is 5.32 Å². The van der Waals surface area contributed by atoms with Gasteiger partial charge in [-0.15, -0.1) is 11.3 Å². The monoisotopic (exact) mass is 295 g/mol. The molecular weight excluding hydrogens is 276 g/mol. The molecule has 1 atom stereocenters. The molecule has 1 aromatic carbocycles. The van der Waals surface area contributed by atoms with E-state index in [4.69, 9.17) is 0 Å². The number of halogens is 2.